The number of hydrogen-bond donors (Lipinski definition) is 2. The van der Waals surface area contributed by atoms with Crippen LogP contribution < -0.4 is 11.3 Å². The molecular weight excluding hydrogens is 188 g/mol. The SMILES string of the molecule is C=C(C)CC(NN)C(OCC)C(C)(C)C. The summed E-state index contributed by atoms with van der Waals surface area (Å²) in [5.74, 6) is 5.58. The Morgan fingerprint density at radius 2 is 2.00 bits per heavy atom. The van der Waals surface area contributed by atoms with E-state index in [4.69, 9.17) is 10.6 Å². The Morgan fingerprint density at radius 1 is 1.47 bits per heavy atom. The van der Waals surface area contributed by atoms with Gasteiger partial charge in [-0.1, -0.05) is 26.3 Å². The van der Waals surface area contributed by atoms with E-state index in [1.807, 2.05) is 13.8 Å². The number of hydrazine groups is 1. The summed E-state index contributed by atoms with van der Waals surface area (Å²) in [5.41, 5.74) is 4.03. The van der Waals surface area contributed by atoms with Crippen LogP contribution in [-0.2, 0) is 4.74 Å². The van der Waals surface area contributed by atoms with E-state index in [-0.39, 0.29) is 17.6 Å². The van der Waals surface area contributed by atoms with Crippen LogP contribution in [0.1, 0.15) is 41.0 Å². The molecule has 0 bridgehead atoms. The molecule has 0 aliphatic heterocycles. The van der Waals surface area contributed by atoms with E-state index in [9.17, 15) is 0 Å². The summed E-state index contributed by atoms with van der Waals surface area (Å²) in [4.78, 5) is 0. The molecule has 0 aromatic rings. The molecule has 0 spiro atoms. The second-order valence-electron chi connectivity index (χ2n) is 5.18. The zero-order chi connectivity index (χ0) is 12.1. The molecule has 0 saturated carbocycles. The van der Waals surface area contributed by atoms with Gasteiger partial charge in [-0.05, 0) is 25.7 Å². The number of hydrogen-bond acceptors (Lipinski definition) is 3. The highest BCUT2D eigenvalue weighted by atomic mass is 16.5. The fourth-order valence-corrected chi connectivity index (χ4v) is 1.78. The normalized spacial score (nSPS) is 16.1. The van der Waals surface area contributed by atoms with E-state index in [1.54, 1.807) is 0 Å². The van der Waals surface area contributed by atoms with Crippen molar-refractivity contribution in [2.24, 2.45) is 11.3 Å². The van der Waals surface area contributed by atoms with Crippen LogP contribution >= 0.6 is 0 Å². The molecule has 15 heavy (non-hydrogen) atoms. The van der Waals surface area contributed by atoms with Gasteiger partial charge in [0.25, 0.3) is 0 Å². The standard InChI is InChI=1S/C12H26N2O/c1-7-15-11(12(4,5)6)10(14-13)8-9(2)3/h10-11,14H,2,7-8,13H2,1,3-6H3. The first kappa shape index (κ1) is 14.6. The smallest absolute Gasteiger partial charge is 0.0792 e. The molecule has 0 radical (unpaired) electrons. The van der Waals surface area contributed by atoms with Crippen molar-refractivity contribution in [1.29, 1.82) is 0 Å². The first-order chi connectivity index (χ1) is 6.82. The van der Waals surface area contributed by atoms with E-state index in [2.05, 4.69) is 32.8 Å². The highest BCUT2D eigenvalue weighted by molar-refractivity contribution is 4.97. The van der Waals surface area contributed by atoms with Gasteiger partial charge in [0.15, 0.2) is 0 Å². The molecule has 0 aliphatic rings. The number of rotatable bonds is 6. The van der Waals surface area contributed by atoms with Gasteiger partial charge in [0.05, 0.1) is 12.1 Å². The Bertz CT molecular complexity index is 196. The second-order valence-corrected chi connectivity index (χ2v) is 5.18. The molecule has 0 rings (SSSR count). The Kier molecular flexibility index (Phi) is 6.10. The largest absolute Gasteiger partial charge is 0.376 e. The van der Waals surface area contributed by atoms with Crippen LogP contribution in [0, 0.1) is 5.41 Å². The fourth-order valence-electron chi connectivity index (χ4n) is 1.78. The van der Waals surface area contributed by atoms with Crippen molar-refractivity contribution >= 4 is 0 Å². The number of nitrogens with two attached hydrogens (primary N) is 1. The highest BCUT2D eigenvalue weighted by Gasteiger charge is 2.32. The maximum Gasteiger partial charge on any atom is 0.0792 e. The Morgan fingerprint density at radius 3 is 2.27 bits per heavy atom. The van der Waals surface area contributed by atoms with Gasteiger partial charge < -0.3 is 4.74 Å². The van der Waals surface area contributed by atoms with Gasteiger partial charge in [-0.2, -0.15) is 0 Å². The maximum atomic E-state index is 5.78. The molecule has 3 heteroatoms. The molecule has 2 unspecified atom stereocenters. The van der Waals surface area contributed by atoms with Crippen LogP contribution in [0.4, 0.5) is 0 Å². The summed E-state index contributed by atoms with van der Waals surface area (Å²) in [6.45, 7) is 15.1. The molecule has 0 aromatic carbocycles. The van der Waals surface area contributed by atoms with Crippen molar-refractivity contribution in [2.75, 3.05) is 6.61 Å². The van der Waals surface area contributed by atoms with Gasteiger partial charge in [-0.3, -0.25) is 11.3 Å². The van der Waals surface area contributed by atoms with Crippen LogP contribution in [-0.4, -0.2) is 18.8 Å². The summed E-state index contributed by atoms with van der Waals surface area (Å²) in [6, 6.07) is 0.127. The molecule has 3 N–H and O–H groups in total. The van der Waals surface area contributed by atoms with Crippen LogP contribution in [0.5, 0.6) is 0 Å². The molecule has 0 heterocycles. The lowest BCUT2D eigenvalue weighted by molar-refractivity contribution is -0.0355. The molecule has 2 atom stereocenters. The lowest BCUT2D eigenvalue weighted by atomic mass is 9.83. The van der Waals surface area contributed by atoms with Crippen molar-refractivity contribution in [1.82, 2.24) is 5.43 Å². The first-order valence-electron chi connectivity index (χ1n) is 5.55. The minimum absolute atomic E-state index is 0.0719. The van der Waals surface area contributed by atoms with E-state index in [0.29, 0.717) is 6.61 Å². The monoisotopic (exact) mass is 214 g/mol. The molecule has 0 saturated heterocycles. The van der Waals surface area contributed by atoms with Crippen LogP contribution in [0.3, 0.4) is 0 Å². The second kappa shape index (κ2) is 6.26. The Hall–Kier alpha value is -0.380. The Balaban J connectivity index is 4.62. The molecule has 0 aliphatic carbocycles. The van der Waals surface area contributed by atoms with Crippen molar-refractivity contribution in [2.45, 2.75) is 53.2 Å². The van der Waals surface area contributed by atoms with Crippen molar-refractivity contribution in [3.8, 4) is 0 Å². The quantitative estimate of drug-likeness (QED) is 0.405. The van der Waals surface area contributed by atoms with Gasteiger partial charge in [-0.15, -0.1) is 6.58 Å². The van der Waals surface area contributed by atoms with E-state index < -0.39 is 0 Å². The van der Waals surface area contributed by atoms with Crippen molar-refractivity contribution in [3.05, 3.63) is 12.2 Å². The third-order valence-corrected chi connectivity index (χ3v) is 2.35. The average molecular weight is 214 g/mol. The molecule has 3 nitrogen and oxygen atoms in total. The van der Waals surface area contributed by atoms with Crippen LogP contribution in [0.25, 0.3) is 0 Å². The summed E-state index contributed by atoms with van der Waals surface area (Å²) in [6.07, 6.45) is 0.947. The summed E-state index contributed by atoms with van der Waals surface area (Å²) >= 11 is 0. The molecular formula is C12H26N2O. The molecule has 90 valence electrons. The van der Waals surface area contributed by atoms with Crippen molar-refractivity contribution in [3.63, 3.8) is 0 Å². The molecule has 0 fully saturated rings. The van der Waals surface area contributed by atoms with Gasteiger partial charge in [0.1, 0.15) is 0 Å². The predicted octanol–water partition coefficient (Wildman–Crippen LogP) is 2.24. The minimum Gasteiger partial charge on any atom is -0.376 e. The van der Waals surface area contributed by atoms with Gasteiger partial charge in [0.2, 0.25) is 0 Å². The summed E-state index contributed by atoms with van der Waals surface area (Å²) in [7, 11) is 0. The molecule has 0 amide bonds. The number of nitrogens with one attached hydrogen (secondary N) is 1. The average Bonchev–Trinajstić information content (AvgIpc) is 2.08. The zero-order valence-corrected chi connectivity index (χ0v) is 10.8. The zero-order valence-electron chi connectivity index (χ0n) is 10.8. The van der Waals surface area contributed by atoms with Crippen LogP contribution in [0.2, 0.25) is 0 Å². The van der Waals surface area contributed by atoms with Gasteiger partial charge in [0, 0.05) is 6.61 Å². The first-order valence-corrected chi connectivity index (χ1v) is 5.55. The van der Waals surface area contributed by atoms with Crippen LogP contribution in [0.15, 0.2) is 12.2 Å². The van der Waals surface area contributed by atoms with E-state index >= 15 is 0 Å². The fraction of sp³-hybridized carbons (Fsp3) is 0.833. The predicted molar refractivity (Wildman–Crippen MR) is 65.4 cm³/mol. The highest BCUT2D eigenvalue weighted by Crippen LogP contribution is 2.27. The third-order valence-electron chi connectivity index (χ3n) is 2.35. The van der Waals surface area contributed by atoms with Gasteiger partial charge >= 0.3 is 0 Å². The summed E-state index contributed by atoms with van der Waals surface area (Å²) in [5, 5.41) is 0. The van der Waals surface area contributed by atoms with E-state index in [1.165, 1.54) is 0 Å². The number of ether oxygens (including phenoxy) is 1. The topological polar surface area (TPSA) is 47.3 Å². The Labute approximate surface area is 94.0 Å². The van der Waals surface area contributed by atoms with Crippen molar-refractivity contribution < 1.29 is 4.74 Å². The minimum atomic E-state index is 0.0719. The van der Waals surface area contributed by atoms with Gasteiger partial charge in [-0.25, -0.2) is 0 Å². The molecule has 0 aromatic heterocycles. The van der Waals surface area contributed by atoms with E-state index in [0.717, 1.165) is 12.0 Å². The maximum absolute atomic E-state index is 5.78. The third kappa shape index (κ3) is 5.30. The summed E-state index contributed by atoms with van der Waals surface area (Å²) < 4.78 is 5.78. The lowest BCUT2D eigenvalue weighted by Crippen LogP contribution is -2.50. The lowest BCUT2D eigenvalue weighted by Gasteiger charge is -2.36.